The average Bonchev–Trinajstić information content (AvgIpc) is 2.76. The Morgan fingerprint density at radius 1 is 1.29 bits per heavy atom. The highest BCUT2D eigenvalue weighted by Gasteiger charge is 2.43. The van der Waals surface area contributed by atoms with Crippen LogP contribution in [0.5, 0.6) is 0 Å². The summed E-state index contributed by atoms with van der Waals surface area (Å²) in [5, 5.41) is 0. The molecule has 0 N–H and O–H groups in total. The Balaban J connectivity index is 2.17. The van der Waals surface area contributed by atoms with E-state index in [1.165, 1.54) is 30.4 Å². The average molecular weight is 249 g/mol. The van der Waals surface area contributed by atoms with Crippen LogP contribution >= 0.6 is 15.9 Å². The molecule has 2 atom stereocenters. The van der Waals surface area contributed by atoms with Crippen LogP contribution in [0.25, 0.3) is 6.08 Å². The van der Waals surface area contributed by atoms with Gasteiger partial charge < -0.3 is 0 Å². The minimum atomic E-state index is 0.316. The molecule has 1 saturated carbocycles. The molecular weight excluding hydrogens is 236 g/mol. The molecule has 14 heavy (non-hydrogen) atoms. The van der Waals surface area contributed by atoms with Crippen LogP contribution in [0.15, 0.2) is 30.3 Å². The molecule has 2 aliphatic carbocycles. The molecule has 2 aliphatic rings. The molecule has 0 saturated heterocycles. The van der Waals surface area contributed by atoms with Crippen molar-refractivity contribution in [3.05, 3.63) is 41.5 Å². The fourth-order valence-corrected chi connectivity index (χ4v) is 3.83. The van der Waals surface area contributed by atoms with Crippen LogP contribution in [0, 0.1) is 0 Å². The standard InChI is InChI=1S/C13H13Br/c14-12-6-3-8-13(12)9-7-10-4-1-2-5-11(10)13/h1-2,4-5,7,9,12H,3,6,8H2. The lowest BCUT2D eigenvalue weighted by molar-refractivity contribution is 0.586. The second kappa shape index (κ2) is 2.96. The van der Waals surface area contributed by atoms with Crippen LogP contribution in [0.3, 0.4) is 0 Å². The van der Waals surface area contributed by atoms with Gasteiger partial charge in [-0.3, -0.25) is 0 Å². The maximum Gasteiger partial charge on any atom is 0.0277 e. The van der Waals surface area contributed by atoms with Crippen molar-refractivity contribution >= 4 is 22.0 Å². The number of fused-ring (bicyclic) bond motifs is 2. The molecule has 1 aromatic rings. The fourth-order valence-electron chi connectivity index (χ4n) is 2.87. The Morgan fingerprint density at radius 2 is 2.14 bits per heavy atom. The number of hydrogen-bond acceptors (Lipinski definition) is 0. The summed E-state index contributed by atoms with van der Waals surface area (Å²) in [5.41, 5.74) is 3.26. The highest BCUT2D eigenvalue weighted by Crippen LogP contribution is 2.50. The van der Waals surface area contributed by atoms with Gasteiger partial charge in [0.15, 0.2) is 0 Å². The van der Waals surface area contributed by atoms with Crippen molar-refractivity contribution < 1.29 is 0 Å². The van der Waals surface area contributed by atoms with Gasteiger partial charge in [-0.15, -0.1) is 0 Å². The van der Waals surface area contributed by atoms with E-state index in [1.807, 2.05) is 0 Å². The molecule has 2 unspecified atom stereocenters. The Morgan fingerprint density at radius 3 is 2.93 bits per heavy atom. The fraction of sp³-hybridized carbons (Fsp3) is 0.385. The maximum atomic E-state index is 3.84. The van der Waals surface area contributed by atoms with Crippen LogP contribution in [0.2, 0.25) is 0 Å². The van der Waals surface area contributed by atoms with E-state index in [-0.39, 0.29) is 0 Å². The van der Waals surface area contributed by atoms with E-state index in [4.69, 9.17) is 0 Å². The molecule has 1 aromatic carbocycles. The third kappa shape index (κ3) is 0.993. The smallest absolute Gasteiger partial charge is 0.0277 e. The summed E-state index contributed by atoms with van der Waals surface area (Å²) >= 11 is 3.84. The predicted octanol–water partition coefficient (Wildman–Crippen LogP) is 3.90. The Bertz CT molecular complexity index is 394. The van der Waals surface area contributed by atoms with Crippen molar-refractivity contribution in [2.75, 3.05) is 0 Å². The van der Waals surface area contributed by atoms with Crippen molar-refractivity contribution in [1.29, 1.82) is 0 Å². The molecule has 0 bridgehead atoms. The summed E-state index contributed by atoms with van der Waals surface area (Å²) < 4.78 is 0. The van der Waals surface area contributed by atoms with E-state index >= 15 is 0 Å². The lowest BCUT2D eigenvalue weighted by Crippen LogP contribution is -2.26. The summed E-state index contributed by atoms with van der Waals surface area (Å²) in [4.78, 5) is 0.634. The molecule has 1 heteroatoms. The first-order chi connectivity index (χ1) is 6.83. The molecule has 0 nitrogen and oxygen atoms in total. The first-order valence-electron chi connectivity index (χ1n) is 5.26. The van der Waals surface area contributed by atoms with Crippen LogP contribution in [0.1, 0.15) is 30.4 Å². The van der Waals surface area contributed by atoms with Gasteiger partial charge in [-0.2, -0.15) is 0 Å². The second-order valence-corrected chi connectivity index (χ2v) is 5.43. The summed E-state index contributed by atoms with van der Waals surface area (Å²) in [6, 6.07) is 8.79. The number of allylic oxidation sites excluding steroid dienone is 1. The van der Waals surface area contributed by atoms with E-state index in [0.29, 0.717) is 10.2 Å². The summed E-state index contributed by atoms with van der Waals surface area (Å²) in [6.45, 7) is 0. The summed E-state index contributed by atoms with van der Waals surface area (Å²) in [5.74, 6) is 0. The molecular formula is C13H13Br. The molecule has 1 spiro atoms. The molecule has 0 aromatic heterocycles. The van der Waals surface area contributed by atoms with Crippen molar-refractivity contribution in [3.63, 3.8) is 0 Å². The largest absolute Gasteiger partial charge is 0.0878 e. The minimum Gasteiger partial charge on any atom is -0.0878 e. The van der Waals surface area contributed by atoms with Crippen molar-refractivity contribution in [1.82, 2.24) is 0 Å². The van der Waals surface area contributed by atoms with Crippen molar-refractivity contribution in [3.8, 4) is 0 Å². The van der Waals surface area contributed by atoms with E-state index in [0.717, 1.165) is 0 Å². The normalized spacial score (nSPS) is 33.9. The van der Waals surface area contributed by atoms with E-state index < -0.39 is 0 Å². The van der Waals surface area contributed by atoms with E-state index in [1.54, 1.807) is 0 Å². The molecule has 3 rings (SSSR count). The molecule has 1 fully saturated rings. The van der Waals surface area contributed by atoms with Gasteiger partial charge in [0.1, 0.15) is 0 Å². The summed E-state index contributed by atoms with van der Waals surface area (Å²) in [6.07, 6.45) is 8.64. The van der Waals surface area contributed by atoms with Gasteiger partial charge in [0.05, 0.1) is 0 Å². The quantitative estimate of drug-likeness (QED) is 0.612. The lowest BCUT2D eigenvalue weighted by atomic mass is 9.81. The number of alkyl halides is 1. The predicted molar refractivity (Wildman–Crippen MR) is 63.7 cm³/mol. The van der Waals surface area contributed by atoms with Gasteiger partial charge in [-0.25, -0.2) is 0 Å². The first kappa shape index (κ1) is 8.72. The third-order valence-electron chi connectivity index (χ3n) is 3.63. The van der Waals surface area contributed by atoms with Crippen LogP contribution in [-0.2, 0) is 5.41 Å². The first-order valence-corrected chi connectivity index (χ1v) is 6.17. The van der Waals surface area contributed by atoms with Crippen LogP contribution < -0.4 is 0 Å². The summed E-state index contributed by atoms with van der Waals surface area (Å²) in [7, 11) is 0. The van der Waals surface area contributed by atoms with Gasteiger partial charge in [-0.1, -0.05) is 58.8 Å². The van der Waals surface area contributed by atoms with Gasteiger partial charge >= 0.3 is 0 Å². The topological polar surface area (TPSA) is 0 Å². The molecule has 0 amide bonds. The van der Waals surface area contributed by atoms with Crippen molar-refractivity contribution in [2.45, 2.75) is 29.5 Å². The SMILES string of the molecule is BrC1CCCC12C=Cc1ccccc12. The van der Waals surface area contributed by atoms with Gasteiger partial charge in [0.2, 0.25) is 0 Å². The Labute approximate surface area is 93.2 Å². The zero-order valence-corrected chi connectivity index (χ0v) is 9.63. The zero-order valence-electron chi connectivity index (χ0n) is 8.04. The Hall–Kier alpha value is -0.560. The highest BCUT2D eigenvalue weighted by molar-refractivity contribution is 9.09. The zero-order chi connectivity index (χ0) is 9.60. The highest BCUT2D eigenvalue weighted by atomic mass is 79.9. The van der Waals surface area contributed by atoms with Crippen molar-refractivity contribution in [2.24, 2.45) is 0 Å². The van der Waals surface area contributed by atoms with Gasteiger partial charge in [0, 0.05) is 10.2 Å². The van der Waals surface area contributed by atoms with Gasteiger partial charge in [0.25, 0.3) is 0 Å². The van der Waals surface area contributed by atoms with Crippen LogP contribution in [-0.4, -0.2) is 4.83 Å². The van der Waals surface area contributed by atoms with Gasteiger partial charge in [-0.05, 0) is 24.0 Å². The third-order valence-corrected chi connectivity index (χ3v) is 4.90. The number of benzene rings is 1. The maximum absolute atomic E-state index is 3.84. The number of halogens is 1. The lowest BCUT2D eigenvalue weighted by Gasteiger charge is -2.27. The monoisotopic (exact) mass is 248 g/mol. The molecule has 0 heterocycles. The molecule has 72 valence electrons. The number of rotatable bonds is 0. The van der Waals surface area contributed by atoms with Crippen LogP contribution in [0.4, 0.5) is 0 Å². The number of hydrogen-bond donors (Lipinski definition) is 0. The minimum absolute atomic E-state index is 0.316. The van der Waals surface area contributed by atoms with E-state index in [2.05, 4.69) is 52.3 Å². The molecule has 0 aliphatic heterocycles. The second-order valence-electron chi connectivity index (χ2n) is 4.32. The molecule has 0 radical (unpaired) electrons. The van der Waals surface area contributed by atoms with E-state index in [9.17, 15) is 0 Å². The Kier molecular flexibility index (Phi) is 1.85.